The smallest absolute Gasteiger partial charge is 0.234 e. The van der Waals surface area contributed by atoms with E-state index in [9.17, 15) is 9.59 Å². The third kappa shape index (κ3) is 4.31. The lowest BCUT2D eigenvalue weighted by atomic mass is 10.0. The standard InChI is InChI=1S/C12H22N2O2/c1-12(2,3)13-11(16)8-14-7-5-4-6-10(14)9-15/h9-10H,4-8H2,1-3H3,(H,13,16). The average molecular weight is 226 g/mol. The minimum atomic E-state index is -0.205. The normalized spacial score (nSPS) is 22.8. The van der Waals surface area contributed by atoms with Crippen LogP contribution in [0.4, 0.5) is 0 Å². The second-order valence-electron chi connectivity index (χ2n) is 5.47. The molecule has 0 aromatic carbocycles. The van der Waals surface area contributed by atoms with Gasteiger partial charge in [0.15, 0.2) is 0 Å². The van der Waals surface area contributed by atoms with Gasteiger partial charge in [0.05, 0.1) is 12.6 Å². The first-order valence-corrected chi connectivity index (χ1v) is 5.93. The molecule has 1 fully saturated rings. The molecule has 0 aliphatic carbocycles. The van der Waals surface area contributed by atoms with Crippen LogP contribution in [0.5, 0.6) is 0 Å². The number of rotatable bonds is 3. The zero-order chi connectivity index (χ0) is 12.2. The fourth-order valence-corrected chi connectivity index (χ4v) is 2.01. The molecule has 1 aliphatic heterocycles. The second kappa shape index (κ2) is 5.43. The van der Waals surface area contributed by atoms with Crippen LogP contribution in [0, 0.1) is 0 Å². The van der Waals surface area contributed by atoms with Gasteiger partial charge in [-0.1, -0.05) is 6.42 Å². The molecule has 0 radical (unpaired) electrons. The highest BCUT2D eigenvalue weighted by Gasteiger charge is 2.24. The van der Waals surface area contributed by atoms with E-state index in [1.807, 2.05) is 25.7 Å². The van der Waals surface area contributed by atoms with Crippen molar-refractivity contribution in [2.24, 2.45) is 0 Å². The Hall–Kier alpha value is -0.900. The van der Waals surface area contributed by atoms with Crippen LogP contribution in [-0.4, -0.2) is 41.8 Å². The van der Waals surface area contributed by atoms with Crippen LogP contribution < -0.4 is 5.32 Å². The van der Waals surface area contributed by atoms with Crippen LogP contribution >= 0.6 is 0 Å². The number of likely N-dealkylation sites (tertiary alicyclic amines) is 1. The van der Waals surface area contributed by atoms with Crippen LogP contribution in [0.15, 0.2) is 0 Å². The van der Waals surface area contributed by atoms with Crippen molar-refractivity contribution in [3.05, 3.63) is 0 Å². The first-order chi connectivity index (χ1) is 7.42. The molecule has 1 rings (SSSR count). The van der Waals surface area contributed by atoms with Gasteiger partial charge in [-0.2, -0.15) is 0 Å². The van der Waals surface area contributed by atoms with Gasteiger partial charge in [-0.15, -0.1) is 0 Å². The van der Waals surface area contributed by atoms with E-state index < -0.39 is 0 Å². The van der Waals surface area contributed by atoms with Gasteiger partial charge >= 0.3 is 0 Å². The maximum atomic E-state index is 11.7. The van der Waals surface area contributed by atoms with E-state index in [2.05, 4.69) is 5.32 Å². The molecular formula is C12H22N2O2. The molecule has 1 amide bonds. The van der Waals surface area contributed by atoms with Crippen molar-refractivity contribution in [1.29, 1.82) is 0 Å². The van der Waals surface area contributed by atoms with Crippen molar-refractivity contribution in [3.8, 4) is 0 Å². The van der Waals surface area contributed by atoms with Crippen LogP contribution in [0.1, 0.15) is 40.0 Å². The number of nitrogens with zero attached hydrogens (tertiary/aromatic N) is 1. The van der Waals surface area contributed by atoms with Crippen molar-refractivity contribution in [1.82, 2.24) is 10.2 Å². The molecule has 0 aromatic heterocycles. The summed E-state index contributed by atoms with van der Waals surface area (Å²) in [5.74, 6) is 0.00116. The van der Waals surface area contributed by atoms with Gasteiger partial charge in [0.2, 0.25) is 5.91 Å². The number of piperidine rings is 1. The number of carbonyl (C=O) groups is 2. The highest BCUT2D eigenvalue weighted by molar-refractivity contribution is 5.79. The zero-order valence-electron chi connectivity index (χ0n) is 10.5. The predicted octanol–water partition coefficient (Wildman–Crippen LogP) is 0.954. The first kappa shape index (κ1) is 13.2. The van der Waals surface area contributed by atoms with Crippen molar-refractivity contribution in [2.45, 2.75) is 51.6 Å². The van der Waals surface area contributed by atoms with Gasteiger partial charge in [0.25, 0.3) is 0 Å². The average Bonchev–Trinajstić information content (AvgIpc) is 2.15. The van der Waals surface area contributed by atoms with E-state index in [-0.39, 0.29) is 17.5 Å². The molecule has 16 heavy (non-hydrogen) atoms. The van der Waals surface area contributed by atoms with Crippen molar-refractivity contribution >= 4 is 12.2 Å². The third-order valence-electron chi connectivity index (χ3n) is 2.68. The summed E-state index contributed by atoms with van der Waals surface area (Å²) in [5, 5.41) is 2.91. The molecule has 0 saturated carbocycles. The summed E-state index contributed by atoms with van der Waals surface area (Å²) in [5.41, 5.74) is -0.205. The summed E-state index contributed by atoms with van der Waals surface area (Å²) < 4.78 is 0. The minimum absolute atomic E-state index is 0.00116. The fraction of sp³-hybridized carbons (Fsp3) is 0.833. The SMILES string of the molecule is CC(C)(C)NC(=O)CN1CCCCC1C=O. The molecule has 1 unspecified atom stereocenters. The van der Waals surface area contributed by atoms with E-state index in [0.29, 0.717) is 6.54 Å². The van der Waals surface area contributed by atoms with Crippen molar-refractivity contribution in [2.75, 3.05) is 13.1 Å². The Balaban J connectivity index is 2.45. The molecule has 0 aromatic rings. The lowest BCUT2D eigenvalue weighted by Crippen LogP contribution is -2.50. The number of nitrogens with one attached hydrogen (secondary N) is 1. The number of amides is 1. The molecule has 0 spiro atoms. The Morgan fingerprint density at radius 2 is 2.12 bits per heavy atom. The van der Waals surface area contributed by atoms with Gasteiger partial charge in [-0.3, -0.25) is 9.69 Å². The molecule has 0 bridgehead atoms. The summed E-state index contributed by atoms with van der Waals surface area (Å²) >= 11 is 0. The molecule has 92 valence electrons. The number of aldehydes is 1. The quantitative estimate of drug-likeness (QED) is 0.729. The van der Waals surface area contributed by atoms with Crippen LogP contribution in [0.3, 0.4) is 0 Å². The first-order valence-electron chi connectivity index (χ1n) is 5.93. The molecular weight excluding hydrogens is 204 g/mol. The van der Waals surface area contributed by atoms with E-state index in [0.717, 1.165) is 32.1 Å². The molecule has 1 N–H and O–H groups in total. The lowest BCUT2D eigenvalue weighted by molar-refractivity contribution is -0.125. The highest BCUT2D eigenvalue weighted by atomic mass is 16.2. The number of hydrogen-bond acceptors (Lipinski definition) is 3. The van der Waals surface area contributed by atoms with E-state index in [4.69, 9.17) is 0 Å². The Bertz CT molecular complexity index is 258. The Labute approximate surface area is 97.4 Å². The van der Waals surface area contributed by atoms with Crippen LogP contribution in [0.25, 0.3) is 0 Å². The molecule has 1 atom stereocenters. The van der Waals surface area contributed by atoms with Crippen LogP contribution in [0.2, 0.25) is 0 Å². The van der Waals surface area contributed by atoms with Crippen molar-refractivity contribution in [3.63, 3.8) is 0 Å². The van der Waals surface area contributed by atoms with E-state index >= 15 is 0 Å². The highest BCUT2D eigenvalue weighted by Crippen LogP contribution is 2.14. The topological polar surface area (TPSA) is 49.4 Å². The lowest BCUT2D eigenvalue weighted by Gasteiger charge is -2.32. The van der Waals surface area contributed by atoms with Gasteiger partial charge in [0, 0.05) is 5.54 Å². The molecule has 4 nitrogen and oxygen atoms in total. The third-order valence-corrected chi connectivity index (χ3v) is 2.68. The van der Waals surface area contributed by atoms with Crippen LogP contribution in [-0.2, 0) is 9.59 Å². The van der Waals surface area contributed by atoms with Gasteiger partial charge < -0.3 is 10.1 Å². The summed E-state index contributed by atoms with van der Waals surface area (Å²) in [6.07, 6.45) is 4.00. The maximum absolute atomic E-state index is 11.7. The summed E-state index contributed by atoms with van der Waals surface area (Å²) in [4.78, 5) is 24.6. The summed E-state index contributed by atoms with van der Waals surface area (Å²) in [7, 11) is 0. The maximum Gasteiger partial charge on any atom is 0.234 e. The predicted molar refractivity (Wildman–Crippen MR) is 63.2 cm³/mol. The molecule has 1 heterocycles. The Morgan fingerprint density at radius 1 is 1.44 bits per heavy atom. The van der Waals surface area contributed by atoms with E-state index in [1.165, 1.54) is 0 Å². The van der Waals surface area contributed by atoms with E-state index in [1.54, 1.807) is 0 Å². The number of hydrogen-bond donors (Lipinski definition) is 1. The Kier molecular flexibility index (Phi) is 4.47. The van der Waals surface area contributed by atoms with Gasteiger partial charge in [-0.05, 0) is 40.2 Å². The van der Waals surface area contributed by atoms with Gasteiger partial charge in [-0.25, -0.2) is 0 Å². The molecule has 1 saturated heterocycles. The van der Waals surface area contributed by atoms with Crippen molar-refractivity contribution < 1.29 is 9.59 Å². The summed E-state index contributed by atoms with van der Waals surface area (Å²) in [6.45, 7) is 7.05. The minimum Gasteiger partial charge on any atom is -0.350 e. The Morgan fingerprint density at radius 3 is 2.69 bits per heavy atom. The largest absolute Gasteiger partial charge is 0.350 e. The monoisotopic (exact) mass is 226 g/mol. The zero-order valence-corrected chi connectivity index (χ0v) is 10.5. The molecule has 1 aliphatic rings. The fourth-order valence-electron chi connectivity index (χ4n) is 2.01. The second-order valence-corrected chi connectivity index (χ2v) is 5.47. The molecule has 4 heteroatoms. The summed E-state index contributed by atoms with van der Waals surface area (Å²) in [6, 6.07) is -0.0699. The van der Waals surface area contributed by atoms with Gasteiger partial charge in [0.1, 0.15) is 6.29 Å². The number of carbonyl (C=O) groups excluding carboxylic acids is 2.